The van der Waals surface area contributed by atoms with E-state index < -0.39 is 95.3 Å². The van der Waals surface area contributed by atoms with Crippen LogP contribution in [0.5, 0.6) is 11.5 Å². The molecule has 0 radical (unpaired) electrons. The number of hydrogen-bond acceptors (Lipinski definition) is 14. The first kappa shape index (κ1) is 80.7. The molecule has 0 saturated carbocycles. The number of ether oxygens (including phenoxy) is 6. The van der Waals surface area contributed by atoms with Gasteiger partial charge in [-0.3, -0.25) is 9.13 Å². The maximum absolute atomic E-state index is 14.2. The predicted octanol–water partition coefficient (Wildman–Crippen LogP) is 17.0. The van der Waals surface area contributed by atoms with Gasteiger partial charge in [-0.1, -0.05) is 46.7 Å². The average molecular weight is 1450 g/mol. The molecule has 540 valence electrons. The lowest BCUT2D eigenvalue weighted by atomic mass is 9.87. The third-order valence-corrected chi connectivity index (χ3v) is 22.5. The summed E-state index contributed by atoms with van der Waals surface area (Å²) in [4.78, 5) is 36.8. The SMILES string of the molecule is C.Cc1cc(OC(F)F)c(C(C)(NS(=O)C(C)(C)C)c2nc3cc(C#N)ccc3n2COCC[Si](C)(C)C)c2ccn(C(=O)OC(C)(C)C)c12.Cc1cc(OC(F)F)c(C(C)(NS(=O)C(C)(C)C)c2nc3ccc(C#N)cc3n2COCC[Si](C)(C)C)c2ccn(C(=O)OC(C)(C)C)c12. The molecule has 0 fully saturated rings. The Morgan fingerprint density at radius 1 is 0.556 bits per heavy atom. The van der Waals surface area contributed by atoms with E-state index in [1.54, 1.807) is 168 Å². The first-order valence-corrected chi connectivity index (χ1v) is 41.9. The predicted molar refractivity (Wildman–Crippen MR) is 389 cm³/mol. The molecule has 0 spiro atoms. The van der Waals surface area contributed by atoms with Gasteiger partial charge in [-0.15, -0.1) is 0 Å². The van der Waals surface area contributed by atoms with Crippen LogP contribution in [0, 0.1) is 36.5 Å². The number of carbonyl (C=O) groups is 2. The van der Waals surface area contributed by atoms with Crippen molar-refractivity contribution in [2.24, 2.45) is 0 Å². The Balaban J connectivity index is 0.000000309. The van der Waals surface area contributed by atoms with Crippen LogP contribution in [0.25, 0.3) is 43.9 Å². The maximum Gasteiger partial charge on any atom is 0.419 e. The van der Waals surface area contributed by atoms with E-state index in [2.05, 4.69) is 60.9 Å². The summed E-state index contributed by atoms with van der Waals surface area (Å²) in [5.74, 6) is 0.215. The zero-order chi connectivity index (χ0) is 73.4. The highest BCUT2D eigenvalue weighted by atomic mass is 32.2. The zero-order valence-corrected chi connectivity index (χ0v) is 63.9. The summed E-state index contributed by atoms with van der Waals surface area (Å²) >= 11 is 0. The first-order chi connectivity index (χ1) is 45.1. The monoisotopic (exact) mass is 1450 g/mol. The second kappa shape index (κ2) is 30.5. The molecular formula is C71H98F4N10O10S2Si2. The summed E-state index contributed by atoms with van der Waals surface area (Å²) < 4.78 is 130. The molecule has 99 heavy (non-hydrogen) atoms. The van der Waals surface area contributed by atoms with E-state index in [4.69, 9.17) is 38.4 Å². The summed E-state index contributed by atoms with van der Waals surface area (Å²) in [6.07, 6.45) is 1.73. The third-order valence-electron chi connectivity index (χ3n) is 15.6. The molecular weight excluding hydrogens is 1350 g/mol. The van der Waals surface area contributed by atoms with Gasteiger partial charge in [0.25, 0.3) is 0 Å². The molecule has 4 heterocycles. The van der Waals surface area contributed by atoms with Crippen LogP contribution in [-0.4, -0.2) is 112 Å². The van der Waals surface area contributed by atoms with Crippen molar-refractivity contribution in [1.82, 2.24) is 37.7 Å². The van der Waals surface area contributed by atoms with Crippen molar-refractivity contribution in [3.63, 3.8) is 0 Å². The van der Waals surface area contributed by atoms with Gasteiger partial charge in [0.05, 0.1) is 87.8 Å². The molecule has 4 aromatic heterocycles. The first-order valence-electron chi connectivity index (χ1n) is 32.1. The largest absolute Gasteiger partial charge is 0.443 e. The lowest BCUT2D eigenvalue weighted by Gasteiger charge is -2.35. The number of fused-ring (bicyclic) bond motifs is 4. The minimum Gasteiger partial charge on any atom is -0.443 e. The topological polar surface area (TPSA) is 241 Å². The molecule has 4 atom stereocenters. The van der Waals surface area contributed by atoms with Crippen LogP contribution in [0.4, 0.5) is 27.2 Å². The van der Waals surface area contributed by atoms with Gasteiger partial charge in [-0.2, -0.15) is 28.1 Å². The summed E-state index contributed by atoms with van der Waals surface area (Å²) in [7, 11) is -6.45. The quantitative estimate of drug-likeness (QED) is 0.0364. The van der Waals surface area contributed by atoms with Crippen molar-refractivity contribution in [3.8, 4) is 23.6 Å². The van der Waals surface area contributed by atoms with E-state index in [1.165, 1.54) is 33.7 Å². The van der Waals surface area contributed by atoms with Crippen molar-refractivity contribution in [2.75, 3.05) is 13.2 Å². The molecule has 8 rings (SSSR count). The maximum atomic E-state index is 14.2. The molecule has 0 aliphatic heterocycles. The smallest absolute Gasteiger partial charge is 0.419 e. The molecule has 20 nitrogen and oxygen atoms in total. The number of aromatic nitrogens is 6. The van der Waals surface area contributed by atoms with Crippen molar-refractivity contribution in [3.05, 3.63) is 118 Å². The normalized spacial score (nSPS) is 14.5. The fourth-order valence-electron chi connectivity index (χ4n) is 10.9. The number of nitrogens with zero attached hydrogens (tertiary/aromatic N) is 8. The number of carbonyl (C=O) groups excluding carboxylic acids is 2. The summed E-state index contributed by atoms with van der Waals surface area (Å²) in [5, 5.41) is 20.2. The van der Waals surface area contributed by atoms with E-state index in [9.17, 15) is 46.1 Å². The second-order valence-corrected chi connectivity index (χ2v) is 46.2. The van der Waals surface area contributed by atoms with Crippen LogP contribution in [0.3, 0.4) is 0 Å². The van der Waals surface area contributed by atoms with E-state index >= 15 is 0 Å². The van der Waals surface area contributed by atoms with Crippen LogP contribution in [0.2, 0.25) is 51.4 Å². The third kappa shape index (κ3) is 19.2. The van der Waals surface area contributed by atoms with Crippen LogP contribution in [0.15, 0.2) is 73.1 Å². The van der Waals surface area contributed by atoms with E-state index in [1.807, 2.05) is 0 Å². The lowest BCUT2D eigenvalue weighted by Crippen LogP contribution is -2.48. The number of halogens is 4. The molecule has 4 aromatic carbocycles. The number of aryl methyl sites for hydroxylation is 2. The number of nitriles is 2. The van der Waals surface area contributed by atoms with Gasteiger partial charge < -0.3 is 37.6 Å². The highest BCUT2D eigenvalue weighted by molar-refractivity contribution is 7.84. The highest BCUT2D eigenvalue weighted by Crippen LogP contribution is 2.47. The molecule has 0 aliphatic carbocycles. The van der Waals surface area contributed by atoms with Gasteiger partial charge in [0, 0.05) is 63.7 Å². The zero-order valence-electron chi connectivity index (χ0n) is 60.3. The fourth-order valence-corrected chi connectivity index (χ4v) is 14.2. The van der Waals surface area contributed by atoms with E-state index in [0.717, 1.165) is 12.1 Å². The molecule has 0 aliphatic rings. The van der Waals surface area contributed by atoms with Crippen LogP contribution in [-0.2, 0) is 65.5 Å². The molecule has 4 unspecified atom stereocenters. The Bertz CT molecular complexity index is 4260. The summed E-state index contributed by atoms with van der Waals surface area (Å²) in [6, 6.07) is 22.3. The van der Waals surface area contributed by atoms with Crippen LogP contribution >= 0.6 is 0 Å². The van der Waals surface area contributed by atoms with Gasteiger partial charge in [-0.25, -0.2) is 37.4 Å². The average Bonchev–Trinajstić information content (AvgIpc) is 1.64. The van der Waals surface area contributed by atoms with Gasteiger partial charge >= 0.3 is 25.4 Å². The number of rotatable bonds is 22. The van der Waals surface area contributed by atoms with Gasteiger partial charge in [0.2, 0.25) is 0 Å². The molecule has 8 aromatic rings. The number of nitrogens with one attached hydrogen (secondary N) is 2. The summed E-state index contributed by atoms with van der Waals surface area (Å²) in [5.41, 5.74) is 0.299. The Morgan fingerprint density at radius 3 is 1.29 bits per heavy atom. The van der Waals surface area contributed by atoms with E-state index in [-0.39, 0.29) is 55.2 Å². The molecule has 0 bridgehead atoms. The Hall–Kier alpha value is -7.29. The molecule has 2 N–H and O–H groups in total. The molecule has 28 heteroatoms. The number of imidazole rings is 2. The Labute approximate surface area is 586 Å². The van der Waals surface area contributed by atoms with E-state index in [0.29, 0.717) is 79.3 Å². The second-order valence-electron chi connectivity index (χ2n) is 31.0. The van der Waals surface area contributed by atoms with Gasteiger partial charge in [-0.05, 0) is 195 Å². The number of hydrogen-bond donors (Lipinski definition) is 2. The number of alkyl halides is 4. The Morgan fingerprint density at radius 2 is 0.929 bits per heavy atom. The van der Waals surface area contributed by atoms with Crippen molar-refractivity contribution in [1.29, 1.82) is 10.5 Å². The standard InChI is InChI=1S/2C35H47F2N5O5SSi.CH4/c1-22-18-27(46-31(36)37)28(24-14-15-41(29(22)24)32(43)47-33(2,3)4)35(8,40-48(44)34(5,6)7)30-39-25-19-23(20-38)12-13-26(25)42(30)21-45-16-17-49(9,10)11;1-22-18-27(46-31(36)37)28(24-14-15-41(29(22)24)32(43)47-33(2,3)4)35(8,40-48(44)34(5,6)7)30-39-25-13-12-23(20-38)19-26(25)42(30)21-45-16-17-49(9,10)11;/h2*12-15,18-19,31,40H,16-17,21H2,1-11H3;1H4. The lowest BCUT2D eigenvalue weighted by molar-refractivity contribution is -0.0515. The van der Waals surface area contributed by atoms with Gasteiger partial charge in [0.15, 0.2) is 0 Å². The highest BCUT2D eigenvalue weighted by Gasteiger charge is 2.46. The fraction of sp³-hybridized carbons (Fsp3) is 0.521. The van der Waals surface area contributed by atoms with Crippen molar-refractivity contribution < 1.29 is 64.0 Å². The van der Waals surface area contributed by atoms with Crippen molar-refractivity contribution >= 4 is 94.2 Å². The van der Waals surface area contributed by atoms with Crippen LogP contribution < -0.4 is 18.9 Å². The van der Waals surface area contributed by atoms with Crippen molar-refractivity contribution in [2.45, 2.75) is 228 Å². The minimum absolute atomic E-state index is 0. The van der Waals surface area contributed by atoms with Crippen LogP contribution in [0.1, 0.15) is 149 Å². The number of benzene rings is 4. The molecule has 0 saturated heterocycles. The van der Waals surface area contributed by atoms with Gasteiger partial charge in [0.1, 0.15) is 58.9 Å². The Kier molecular flexibility index (Phi) is 24.9. The summed E-state index contributed by atoms with van der Waals surface area (Å²) in [6.45, 7) is 36.1. The minimum atomic E-state index is -3.19. The molecule has 0 amide bonds.